The van der Waals surface area contributed by atoms with Crippen molar-refractivity contribution in [1.29, 1.82) is 5.41 Å². The SMILES string of the molecule is CNCCCCNc1ncnc(N)c1C(=N)c1ccc2oc(N)nc2c1. The van der Waals surface area contributed by atoms with Gasteiger partial charge in [-0.1, -0.05) is 0 Å². The van der Waals surface area contributed by atoms with Crippen LogP contribution in [0.2, 0.25) is 0 Å². The molecule has 0 fully saturated rings. The lowest BCUT2D eigenvalue weighted by Gasteiger charge is -2.13. The summed E-state index contributed by atoms with van der Waals surface area (Å²) >= 11 is 0. The van der Waals surface area contributed by atoms with Crippen molar-refractivity contribution in [2.75, 3.05) is 36.9 Å². The van der Waals surface area contributed by atoms with Gasteiger partial charge in [0.05, 0.1) is 11.3 Å². The van der Waals surface area contributed by atoms with Gasteiger partial charge in [0.2, 0.25) is 0 Å². The van der Waals surface area contributed by atoms with Gasteiger partial charge in [0.25, 0.3) is 6.01 Å². The van der Waals surface area contributed by atoms with Gasteiger partial charge >= 0.3 is 0 Å². The largest absolute Gasteiger partial charge is 0.424 e. The van der Waals surface area contributed by atoms with Gasteiger partial charge in [-0.05, 0) is 44.6 Å². The maximum atomic E-state index is 8.58. The third kappa shape index (κ3) is 3.72. The highest BCUT2D eigenvalue weighted by Crippen LogP contribution is 2.24. The Kier molecular flexibility index (Phi) is 5.28. The van der Waals surface area contributed by atoms with Crippen molar-refractivity contribution in [3.8, 4) is 0 Å². The fraction of sp³-hybridized carbons (Fsp3) is 0.294. The van der Waals surface area contributed by atoms with Crippen LogP contribution in [-0.4, -0.2) is 40.8 Å². The Morgan fingerprint density at radius 1 is 1.19 bits per heavy atom. The topological polar surface area (TPSA) is 152 Å². The second-order valence-corrected chi connectivity index (χ2v) is 5.83. The van der Waals surface area contributed by atoms with Gasteiger partial charge in [-0.15, -0.1) is 0 Å². The van der Waals surface area contributed by atoms with Crippen LogP contribution in [0, 0.1) is 5.41 Å². The van der Waals surface area contributed by atoms with Gasteiger partial charge in [0.1, 0.15) is 23.5 Å². The second kappa shape index (κ2) is 7.79. The Morgan fingerprint density at radius 3 is 2.81 bits per heavy atom. The zero-order valence-corrected chi connectivity index (χ0v) is 14.5. The third-order valence-electron chi connectivity index (χ3n) is 3.97. The van der Waals surface area contributed by atoms with E-state index in [9.17, 15) is 0 Å². The molecule has 0 unspecified atom stereocenters. The Balaban J connectivity index is 1.85. The van der Waals surface area contributed by atoms with E-state index in [1.165, 1.54) is 6.33 Å². The van der Waals surface area contributed by atoms with Gasteiger partial charge < -0.3 is 26.5 Å². The molecule has 2 heterocycles. The Hall–Kier alpha value is -3.20. The molecule has 26 heavy (non-hydrogen) atoms. The van der Waals surface area contributed by atoms with Crippen molar-refractivity contribution in [3.05, 3.63) is 35.7 Å². The fourth-order valence-electron chi connectivity index (χ4n) is 2.66. The number of rotatable bonds is 8. The number of nitrogens with one attached hydrogen (secondary N) is 3. The minimum atomic E-state index is 0.0927. The number of nitrogen functional groups attached to an aromatic ring is 2. The Morgan fingerprint density at radius 2 is 2.00 bits per heavy atom. The predicted molar refractivity (Wildman–Crippen MR) is 102 cm³/mol. The first kappa shape index (κ1) is 17.6. The molecule has 3 aromatic rings. The van der Waals surface area contributed by atoms with E-state index in [1.807, 2.05) is 7.05 Å². The smallest absolute Gasteiger partial charge is 0.292 e. The number of nitrogens with zero attached hydrogens (tertiary/aromatic N) is 3. The van der Waals surface area contributed by atoms with E-state index >= 15 is 0 Å². The van der Waals surface area contributed by atoms with Crippen molar-refractivity contribution in [2.45, 2.75) is 12.8 Å². The van der Waals surface area contributed by atoms with Crippen LogP contribution < -0.4 is 22.1 Å². The van der Waals surface area contributed by atoms with Crippen molar-refractivity contribution >= 4 is 34.5 Å². The molecule has 0 radical (unpaired) electrons. The highest BCUT2D eigenvalue weighted by Gasteiger charge is 2.17. The van der Waals surface area contributed by atoms with E-state index in [4.69, 9.17) is 21.3 Å². The highest BCUT2D eigenvalue weighted by molar-refractivity contribution is 6.17. The van der Waals surface area contributed by atoms with E-state index in [-0.39, 0.29) is 17.5 Å². The van der Waals surface area contributed by atoms with Crippen molar-refractivity contribution in [3.63, 3.8) is 0 Å². The molecule has 0 spiro atoms. The summed E-state index contributed by atoms with van der Waals surface area (Å²) in [7, 11) is 1.93. The second-order valence-electron chi connectivity index (χ2n) is 5.83. The average Bonchev–Trinajstić information content (AvgIpc) is 3.00. The van der Waals surface area contributed by atoms with Crippen LogP contribution in [0.3, 0.4) is 0 Å². The Labute approximate surface area is 150 Å². The molecule has 0 bridgehead atoms. The lowest BCUT2D eigenvalue weighted by atomic mass is 10.0. The molecule has 7 N–H and O–H groups in total. The molecule has 0 aliphatic carbocycles. The molecule has 0 aliphatic heterocycles. The van der Waals surface area contributed by atoms with Crippen molar-refractivity contribution in [2.24, 2.45) is 0 Å². The lowest BCUT2D eigenvalue weighted by Crippen LogP contribution is -2.15. The number of hydrogen-bond donors (Lipinski definition) is 5. The first-order valence-corrected chi connectivity index (χ1v) is 8.34. The van der Waals surface area contributed by atoms with Gasteiger partial charge in [0, 0.05) is 12.1 Å². The Bertz CT molecular complexity index is 920. The molecule has 3 rings (SSSR count). The van der Waals surface area contributed by atoms with Crippen LogP contribution in [0.15, 0.2) is 28.9 Å². The molecular formula is C17H22N8O. The molecular weight excluding hydrogens is 332 g/mol. The summed E-state index contributed by atoms with van der Waals surface area (Å²) in [5, 5.41) is 14.9. The molecule has 0 atom stereocenters. The van der Waals surface area contributed by atoms with Gasteiger partial charge in [-0.3, -0.25) is 5.41 Å². The first-order valence-electron chi connectivity index (χ1n) is 8.34. The summed E-state index contributed by atoms with van der Waals surface area (Å²) in [6.45, 7) is 1.69. The predicted octanol–water partition coefficient (Wildman–Crippen LogP) is 1.61. The number of fused-ring (bicyclic) bond motifs is 1. The zero-order chi connectivity index (χ0) is 18.5. The van der Waals surface area contributed by atoms with Gasteiger partial charge in [-0.2, -0.15) is 4.98 Å². The molecule has 0 saturated carbocycles. The van der Waals surface area contributed by atoms with E-state index in [0.717, 1.165) is 25.9 Å². The van der Waals surface area contributed by atoms with Crippen LogP contribution in [0.5, 0.6) is 0 Å². The minimum Gasteiger partial charge on any atom is -0.424 e. The molecule has 2 aromatic heterocycles. The van der Waals surface area contributed by atoms with Crippen molar-refractivity contribution < 1.29 is 4.42 Å². The van der Waals surface area contributed by atoms with Crippen molar-refractivity contribution in [1.82, 2.24) is 20.3 Å². The summed E-state index contributed by atoms with van der Waals surface area (Å²) in [6.07, 6.45) is 3.41. The van der Waals surface area contributed by atoms with Crippen LogP contribution in [0.4, 0.5) is 17.7 Å². The minimum absolute atomic E-state index is 0.0927. The zero-order valence-electron chi connectivity index (χ0n) is 14.5. The van der Waals surface area contributed by atoms with Crippen LogP contribution in [0.1, 0.15) is 24.0 Å². The summed E-state index contributed by atoms with van der Waals surface area (Å²) < 4.78 is 5.27. The number of unbranched alkanes of at least 4 members (excludes halogenated alkanes) is 1. The first-order chi connectivity index (χ1) is 12.6. The fourth-order valence-corrected chi connectivity index (χ4v) is 2.66. The normalized spacial score (nSPS) is 11.0. The number of hydrogen-bond acceptors (Lipinski definition) is 9. The number of oxazole rings is 1. The van der Waals surface area contributed by atoms with Crippen LogP contribution in [0.25, 0.3) is 11.1 Å². The quantitative estimate of drug-likeness (QED) is 0.302. The number of anilines is 3. The molecule has 1 aromatic carbocycles. The maximum Gasteiger partial charge on any atom is 0.292 e. The number of aromatic nitrogens is 3. The van der Waals surface area contributed by atoms with Gasteiger partial charge in [-0.25, -0.2) is 9.97 Å². The summed E-state index contributed by atoms with van der Waals surface area (Å²) in [5.41, 5.74) is 14.1. The summed E-state index contributed by atoms with van der Waals surface area (Å²) in [4.78, 5) is 12.4. The van der Waals surface area contributed by atoms with E-state index in [0.29, 0.717) is 28.0 Å². The summed E-state index contributed by atoms with van der Waals surface area (Å²) in [6, 6.07) is 5.32. The van der Waals surface area contributed by atoms with E-state index in [1.54, 1.807) is 18.2 Å². The maximum absolute atomic E-state index is 8.58. The molecule has 9 heteroatoms. The molecule has 136 valence electrons. The number of nitrogens with two attached hydrogens (primary N) is 2. The summed E-state index contributed by atoms with van der Waals surface area (Å²) in [5.74, 6) is 0.800. The van der Waals surface area contributed by atoms with Crippen LogP contribution in [-0.2, 0) is 0 Å². The van der Waals surface area contributed by atoms with Gasteiger partial charge in [0.15, 0.2) is 5.58 Å². The lowest BCUT2D eigenvalue weighted by molar-refractivity contribution is 0.626. The highest BCUT2D eigenvalue weighted by atomic mass is 16.4. The molecule has 0 saturated heterocycles. The third-order valence-corrected chi connectivity index (χ3v) is 3.97. The monoisotopic (exact) mass is 354 g/mol. The molecule has 0 aliphatic rings. The standard InChI is InChI=1S/C17H22N8O/c1-21-6-2-3-7-22-16-13(15(19)23-9-24-16)14(18)10-4-5-12-11(8-10)25-17(20)26-12/h4-5,8-9,18,21H,2-3,6-7H2,1H3,(H2,20,25)(H3,19,22,23,24). The number of benzene rings is 1. The average molecular weight is 354 g/mol. The molecule has 9 nitrogen and oxygen atoms in total. The van der Waals surface area contributed by atoms with E-state index < -0.39 is 0 Å². The van der Waals surface area contributed by atoms with E-state index in [2.05, 4.69) is 25.6 Å². The molecule has 0 amide bonds. The van der Waals surface area contributed by atoms with Crippen LogP contribution >= 0.6 is 0 Å².